The van der Waals surface area contributed by atoms with Crippen LogP contribution < -0.4 is 5.32 Å². The summed E-state index contributed by atoms with van der Waals surface area (Å²) in [6.07, 6.45) is 1.71. The van der Waals surface area contributed by atoms with Crippen molar-refractivity contribution in [3.8, 4) is 16.9 Å². The van der Waals surface area contributed by atoms with Crippen molar-refractivity contribution in [2.75, 3.05) is 13.1 Å². The van der Waals surface area contributed by atoms with Gasteiger partial charge in [-0.1, -0.05) is 72.8 Å². The van der Waals surface area contributed by atoms with E-state index in [9.17, 15) is 9.90 Å². The van der Waals surface area contributed by atoms with Gasteiger partial charge in [-0.2, -0.15) is 0 Å². The van der Waals surface area contributed by atoms with Crippen molar-refractivity contribution in [3.05, 3.63) is 90.0 Å². The van der Waals surface area contributed by atoms with E-state index in [1.54, 1.807) is 6.07 Å². The molecule has 0 bridgehead atoms. The molecular formula is C26H28N2O2. The molecule has 0 spiro atoms. The van der Waals surface area contributed by atoms with Crippen LogP contribution in [0.4, 0.5) is 0 Å². The summed E-state index contributed by atoms with van der Waals surface area (Å²) in [7, 11) is 0. The van der Waals surface area contributed by atoms with Crippen molar-refractivity contribution < 1.29 is 9.90 Å². The number of phenols is 1. The molecule has 1 saturated heterocycles. The number of hydrogen-bond acceptors (Lipinski definition) is 3. The third-order valence-corrected chi connectivity index (χ3v) is 5.87. The van der Waals surface area contributed by atoms with Crippen molar-refractivity contribution in [1.29, 1.82) is 0 Å². The number of amides is 1. The monoisotopic (exact) mass is 400 g/mol. The SMILES string of the molecule is O=C(NCc1ccc(-c2ccccc2)cc1)C1CCN(Cc2ccccc2O)CC1. The molecular weight excluding hydrogens is 372 g/mol. The average Bonchev–Trinajstić information content (AvgIpc) is 2.80. The van der Waals surface area contributed by atoms with Gasteiger partial charge in [-0.15, -0.1) is 0 Å². The van der Waals surface area contributed by atoms with Crippen LogP contribution in [0.1, 0.15) is 24.0 Å². The zero-order valence-corrected chi connectivity index (χ0v) is 17.1. The number of carbonyl (C=O) groups is 1. The molecule has 3 aromatic carbocycles. The summed E-state index contributed by atoms with van der Waals surface area (Å²) >= 11 is 0. The third-order valence-electron chi connectivity index (χ3n) is 5.87. The second-order valence-corrected chi connectivity index (χ2v) is 7.96. The number of benzene rings is 3. The highest BCUT2D eigenvalue weighted by atomic mass is 16.3. The van der Waals surface area contributed by atoms with E-state index in [1.807, 2.05) is 36.4 Å². The number of para-hydroxylation sites is 1. The van der Waals surface area contributed by atoms with Gasteiger partial charge in [0.25, 0.3) is 0 Å². The van der Waals surface area contributed by atoms with Crippen LogP contribution in [0, 0.1) is 5.92 Å². The van der Waals surface area contributed by atoms with E-state index >= 15 is 0 Å². The number of nitrogens with zero attached hydrogens (tertiary/aromatic N) is 1. The minimum Gasteiger partial charge on any atom is -0.508 e. The van der Waals surface area contributed by atoms with Crippen LogP contribution in [0.2, 0.25) is 0 Å². The highest BCUT2D eigenvalue weighted by Crippen LogP contribution is 2.23. The van der Waals surface area contributed by atoms with Crippen LogP contribution in [-0.4, -0.2) is 29.0 Å². The maximum atomic E-state index is 12.6. The van der Waals surface area contributed by atoms with Gasteiger partial charge in [0.1, 0.15) is 5.75 Å². The van der Waals surface area contributed by atoms with E-state index in [4.69, 9.17) is 0 Å². The van der Waals surface area contributed by atoms with Gasteiger partial charge in [0.05, 0.1) is 0 Å². The molecule has 1 amide bonds. The average molecular weight is 401 g/mol. The number of nitrogens with one attached hydrogen (secondary N) is 1. The normalized spacial score (nSPS) is 15.1. The molecule has 4 heteroatoms. The fourth-order valence-corrected chi connectivity index (χ4v) is 4.02. The maximum Gasteiger partial charge on any atom is 0.223 e. The fourth-order valence-electron chi connectivity index (χ4n) is 4.02. The van der Waals surface area contributed by atoms with E-state index in [-0.39, 0.29) is 11.8 Å². The lowest BCUT2D eigenvalue weighted by Crippen LogP contribution is -2.40. The molecule has 30 heavy (non-hydrogen) atoms. The summed E-state index contributed by atoms with van der Waals surface area (Å²) in [4.78, 5) is 14.9. The Morgan fingerprint density at radius 2 is 1.50 bits per heavy atom. The number of phenolic OH excluding ortho intramolecular Hbond substituents is 1. The van der Waals surface area contributed by atoms with Gasteiger partial charge in [0.2, 0.25) is 5.91 Å². The quantitative estimate of drug-likeness (QED) is 0.636. The van der Waals surface area contributed by atoms with E-state index in [0.717, 1.165) is 43.6 Å². The van der Waals surface area contributed by atoms with Gasteiger partial charge in [0, 0.05) is 24.6 Å². The number of hydrogen-bond donors (Lipinski definition) is 2. The summed E-state index contributed by atoms with van der Waals surface area (Å²) < 4.78 is 0. The molecule has 1 aliphatic heterocycles. The lowest BCUT2D eigenvalue weighted by Gasteiger charge is -2.31. The molecule has 0 unspecified atom stereocenters. The van der Waals surface area contributed by atoms with Gasteiger partial charge in [-0.05, 0) is 48.7 Å². The first-order valence-corrected chi connectivity index (χ1v) is 10.6. The predicted octanol–water partition coefficient (Wildman–Crippen LogP) is 4.59. The number of rotatable bonds is 6. The topological polar surface area (TPSA) is 52.6 Å². The number of carbonyl (C=O) groups excluding carboxylic acids is 1. The molecule has 3 aromatic rings. The first kappa shape index (κ1) is 20.2. The fraction of sp³-hybridized carbons (Fsp3) is 0.269. The Labute approximate surface area is 178 Å². The standard InChI is InChI=1S/C26H28N2O2/c29-25-9-5-4-8-24(25)19-28-16-14-23(15-17-28)26(30)27-18-20-10-12-22(13-11-20)21-6-2-1-3-7-21/h1-13,23,29H,14-19H2,(H,27,30). The Hall–Kier alpha value is -3.11. The van der Waals surface area contributed by atoms with Crippen LogP contribution in [0.5, 0.6) is 5.75 Å². The number of aromatic hydroxyl groups is 1. The van der Waals surface area contributed by atoms with Gasteiger partial charge < -0.3 is 10.4 Å². The molecule has 1 heterocycles. The number of likely N-dealkylation sites (tertiary alicyclic amines) is 1. The Balaban J connectivity index is 1.24. The maximum absolute atomic E-state index is 12.6. The van der Waals surface area contributed by atoms with Crippen LogP contribution in [0.3, 0.4) is 0 Å². The van der Waals surface area contributed by atoms with Crippen LogP contribution in [0.15, 0.2) is 78.9 Å². The lowest BCUT2D eigenvalue weighted by atomic mass is 9.95. The molecule has 1 aliphatic rings. The first-order valence-electron chi connectivity index (χ1n) is 10.6. The Morgan fingerprint density at radius 3 is 2.20 bits per heavy atom. The molecule has 0 aliphatic carbocycles. The molecule has 4 nitrogen and oxygen atoms in total. The molecule has 2 N–H and O–H groups in total. The van der Waals surface area contributed by atoms with Crippen LogP contribution >= 0.6 is 0 Å². The van der Waals surface area contributed by atoms with Crippen molar-refractivity contribution in [1.82, 2.24) is 10.2 Å². The van der Waals surface area contributed by atoms with E-state index in [2.05, 4.69) is 46.6 Å². The largest absolute Gasteiger partial charge is 0.508 e. The molecule has 0 aromatic heterocycles. The van der Waals surface area contributed by atoms with Gasteiger partial charge in [0.15, 0.2) is 0 Å². The van der Waals surface area contributed by atoms with Crippen molar-refractivity contribution >= 4 is 5.91 Å². The van der Waals surface area contributed by atoms with Crippen LogP contribution in [-0.2, 0) is 17.9 Å². The van der Waals surface area contributed by atoms with E-state index in [0.29, 0.717) is 12.3 Å². The molecule has 4 rings (SSSR count). The summed E-state index contributed by atoms with van der Waals surface area (Å²) in [6, 6.07) is 26.1. The second-order valence-electron chi connectivity index (χ2n) is 7.96. The zero-order chi connectivity index (χ0) is 20.8. The van der Waals surface area contributed by atoms with Gasteiger partial charge in [-0.25, -0.2) is 0 Å². The first-order chi connectivity index (χ1) is 14.7. The smallest absolute Gasteiger partial charge is 0.223 e. The molecule has 0 atom stereocenters. The van der Waals surface area contributed by atoms with Crippen LogP contribution in [0.25, 0.3) is 11.1 Å². The Kier molecular flexibility index (Phi) is 6.45. The van der Waals surface area contributed by atoms with E-state index < -0.39 is 0 Å². The molecule has 1 fully saturated rings. The Bertz CT molecular complexity index is 962. The van der Waals surface area contributed by atoms with Crippen molar-refractivity contribution in [3.63, 3.8) is 0 Å². The van der Waals surface area contributed by atoms with Crippen molar-refractivity contribution in [2.45, 2.75) is 25.9 Å². The van der Waals surface area contributed by atoms with Crippen molar-refractivity contribution in [2.24, 2.45) is 5.92 Å². The molecule has 0 radical (unpaired) electrons. The minimum absolute atomic E-state index is 0.0641. The van der Waals surface area contributed by atoms with Gasteiger partial charge >= 0.3 is 0 Å². The summed E-state index contributed by atoms with van der Waals surface area (Å²) in [5.41, 5.74) is 4.44. The van der Waals surface area contributed by atoms with Gasteiger partial charge in [-0.3, -0.25) is 9.69 Å². The minimum atomic E-state index is 0.0641. The lowest BCUT2D eigenvalue weighted by molar-refractivity contribution is -0.126. The highest BCUT2D eigenvalue weighted by molar-refractivity contribution is 5.78. The number of piperidine rings is 1. The summed E-state index contributed by atoms with van der Waals surface area (Å²) in [6.45, 7) is 3.04. The summed E-state index contributed by atoms with van der Waals surface area (Å²) in [5, 5.41) is 13.1. The molecule has 0 saturated carbocycles. The van der Waals surface area contributed by atoms with E-state index in [1.165, 1.54) is 11.1 Å². The zero-order valence-electron chi connectivity index (χ0n) is 17.1. The predicted molar refractivity (Wildman–Crippen MR) is 120 cm³/mol. The second kappa shape index (κ2) is 9.59. The highest BCUT2D eigenvalue weighted by Gasteiger charge is 2.25. The molecule has 154 valence electrons. The Morgan fingerprint density at radius 1 is 0.867 bits per heavy atom. The third kappa shape index (κ3) is 5.08. The summed E-state index contributed by atoms with van der Waals surface area (Å²) in [5.74, 6) is 0.550.